The van der Waals surface area contributed by atoms with Gasteiger partial charge in [0.1, 0.15) is 0 Å². The van der Waals surface area contributed by atoms with Gasteiger partial charge in [0.2, 0.25) is 0 Å². The molecule has 25 heavy (non-hydrogen) atoms. The number of Topliss-reactive ketones (excluding diaryl/α,β-unsaturated/α-hetero) is 1. The normalized spacial score (nSPS) is 10.7. The van der Waals surface area contributed by atoms with Gasteiger partial charge in [0, 0.05) is 21.7 Å². The van der Waals surface area contributed by atoms with Crippen LogP contribution in [-0.4, -0.2) is 23.3 Å². The summed E-state index contributed by atoms with van der Waals surface area (Å²) >= 11 is 5.80. The van der Waals surface area contributed by atoms with Crippen LogP contribution < -0.4 is 0 Å². The lowest BCUT2D eigenvalue weighted by atomic mass is 10.1. The number of ketones is 1. The number of rotatable bonds is 4. The van der Waals surface area contributed by atoms with Crippen LogP contribution in [0.4, 0.5) is 0 Å². The van der Waals surface area contributed by atoms with Gasteiger partial charge in [0.05, 0.1) is 11.1 Å². The van der Waals surface area contributed by atoms with Crippen molar-refractivity contribution in [2.75, 3.05) is 6.61 Å². The van der Waals surface area contributed by atoms with Crippen molar-refractivity contribution in [2.24, 2.45) is 0 Å². The van der Waals surface area contributed by atoms with Gasteiger partial charge in [-0.2, -0.15) is 0 Å². The molecule has 0 N–H and O–H groups in total. The molecule has 1 heterocycles. The van der Waals surface area contributed by atoms with Crippen molar-refractivity contribution < 1.29 is 14.3 Å². The molecular weight excluding hydrogens is 338 g/mol. The number of hydrogen-bond acceptors (Lipinski definition) is 4. The number of halogens is 1. The van der Waals surface area contributed by atoms with Crippen molar-refractivity contribution in [1.82, 2.24) is 4.98 Å². The molecule has 0 saturated carbocycles. The average molecular weight is 354 g/mol. The number of ether oxygens (including phenoxy) is 1. The first-order chi connectivity index (χ1) is 11.9. The average Bonchev–Trinajstić information content (AvgIpc) is 2.59. The molecule has 0 fully saturated rings. The third kappa shape index (κ3) is 3.86. The third-order valence-electron chi connectivity index (χ3n) is 3.81. The van der Waals surface area contributed by atoms with Crippen molar-refractivity contribution in [3.63, 3.8) is 0 Å². The molecule has 0 amide bonds. The van der Waals surface area contributed by atoms with Gasteiger partial charge in [0.25, 0.3) is 0 Å². The Kier molecular flexibility index (Phi) is 4.81. The fourth-order valence-electron chi connectivity index (χ4n) is 2.57. The lowest BCUT2D eigenvalue weighted by Crippen LogP contribution is -2.15. The number of carbonyl (C=O) groups excluding carboxylic acids is 2. The van der Waals surface area contributed by atoms with Gasteiger partial charge < -0.3 is 4.74 Å². The monoisotopic (exact) mass is 353 g/mol. The Morgan fingerprint density at radius 1 is 1.04 bits per heavy atom. The second-order valence-corrected chi connectivity index (χ2v) is 6.27. The van der Waals surface area contributed by atoms with Crippen molar-refractivity contribution in [3.05, 3.63) is 75.9 Å². The molecule has 0 unspecified atom stereocenters. The zero-order chi connectivity index (χ0) is 18.0. The molecule has 126 valence electrons. The number of esters is 1. The molecule has 3 rings (SSSR count). The molecule has 4 nitrogen and oxygen atoms in total. The first-order valence-corrected chi connectivity index (χ1v) is 8.16. The van der Waals surface area contributed by atoms with E-state index in [1.54, 1.807) is 30.3 Å². The first kappa shape index (κ1) is 17.1. The van der Waals surface area contributed by atoms with E-state index >= 15 is 0 Å². The van der Waals surface area contributed by atoms with Crippen molar-refractivity contribution in [3.8, 4) is 0 Å². The van der Waals surface area contributed by atoms with Crippen molar-refractivity contribution >= 4 is 34.3 Å². The quantitative estimate of drug-likeness (QED) is 0.510. The summed E-state index contributed by atoms with van der Waals surface area (Å²) in [6.45, 7) is 3.43. The fourth-order valence-corrected chi connectivity index (χ4v) is 2.69. The lowest BCUT2D eigenvalue weighted by Gasteiger charge is -2.09. The lowest BCUT2D eigenvalue weighted by molar-refractivity contribution is 0.0476. The predicted molar refractivity (Wildman–Crippen MR) is 97.3 cm³/mol. The van der Waals surface area contributed by atoms with E-state index in [1.165, 1.54) is 0 Å². The molecule has 2 aromatic carbocycles. The first-order valence-electron chi connectivity index (χ1n) is 7.78. The van der Waals surface area contributed by atoms with Crippen LogP contribution in [0.25, 0.3) is 10.9 Å². The van der Waals surface area contributed by atoms with Crippen LogP contribution in [0, 0.1) is 13.8 Å². The maximum atomic E-state index is 12.5. The number of benzene rings is 2. The second kappa shape index (κ2) is 7.03. The predicted octanol–water partition coefficient (Wildman–Crippen LogP) is 4.54. The number of hydrogen-bond donors (Lipinski definition) is 0. The van der Waals surface area contributed by atoms with Gasteiger partial charge in [-0.05, 0) is 56.3 Å². The maximum Gasteiger partial charge on any atom is 0.339 e. The number of fused-ring (bicyclic) bond motifs is 1. The van der Waals surface area contributed by atoms with Gasteiger partial charge in [-0.3, -0.25) is 9.78 Å². The molecule has 0 aliphatic heterocycles. The standard InChI is InChI=1S/C20H16ClNO3/c1-12-3-8-18-16(9-12)17(10-13(2)22-18)20(24)25-11-19(23)14-4-6-15(21)7-5-14/h3-10H,11H2,1-2H3. The molecule has 0 radical (unpaired) electrons. The molecule has 0 aliphatic carbocycles. The minimum atomic E-state index is -0.539. The number of nitrogens with zero attached hydrogens (tertiary/aromatic N) is 1. The van der Waals surface area contributed by atoms with Crippen LogP contribution in [0.5, 0.6) is 0 Å². The van der Waals surface area contributed by atoms with Crippen LogP contribution in [-0.2, 0) is 4.74 Å². The van der Waals surface area contributed by atoms with Crippen LogP contribution in [0.15, 0.2) is 48.5 Å². The summed E-state index contributed by atoms with van der Waals surface area (Å²) in [5, 5.41) is 1.26. The molecule has 0 bridgehead atoms. The van der Waals surface area contributed by atoms with Crippen LogP contribution in [0.2, 0.25) is 5.02 Å². The fraction of sp³-hybridized carbons (Fsp3) is 0.150. The van der Waals surface area contributed by atoms with Crippen LogP contribution in [0.1, 0.15) is 32.0 Å². The summed E-state index contributed by atoms with van der Waals surface area (Å²) in [4.78, 5) is 29.1. The number of pyridine rings is 1. The summed E-state index contributed by atoms with van der Waals surface area (Å²) in [6.07, 6.45) is 0. The van der Waals surface area contributed by atoms with E-state index in [9.17, 15) is 9.59 Å². The highest BCUT2D eigenvalue weighted by atomic mass is 35.5. The largest absolute Gasteiger partial charge is 0.454 e. The van der Waals surface area contributed by atoms with E-state index in [4.69, 9.17) is 16.3 Å². The molecule has 1 aromatic heterocycles. The molecule has 5 heteroatoms. The van der Waals surface area contributed by atoms with E-state index in [-0.39, 0.29) is 12.4 Å². The SMILES string of the molecule is Cc1ccc2nc(C)cc(C(=O)OCC(=O)c3ccc(Cl)cc3)c2c1. The van der Waals surface area contributed by atoms with Gasteiger partial charge in [-0.15, -0.1) is 0 Å². The minimum Gasteiger partial charge on any atom is -0.454 e. The summed E-state index contributed by atoms with van der Waals surface area (Å²) < 4.78 is 5.23. The van der Waals surface area contributed by atoms with Gasteiger partial charge >= 0.3 is 5.97 Å². The Hall–Kier alpha value is -2.72. The van der Waals surface area contributed by atoms with Crippen LogP contribution in [0.3, 0.4) is 0 Å². The Balaban J connectivity index is 1.81. The van der Waals surface area contributed by atoms with E-state index in [1.807, 2.05) is 32.0 Å². The molecule has 0 saturated heterocycles. The summed E-state index contributed by atoms with van der Waals surface area (Å²) in [5.74, 6) is -0.820. The minimum absolute atomic E-state index is 0.281. The number of aryl methyl sites for hydroxylation is 2. The maximum absolute atomic E-state index is 12.5. The van der Waals surface area contributed by atoms with E-state index < -0.39 is 5.97 Å². The summed E-state index contributed by atoms with van der Waals surface area (Å²) in [6, 6.07) is 13.8. The highest BCUT2D eigenvalue weighted by Gasteiger charge is 2.16. The zero-order valence-electron chi connectivity index (χ0n) is 13.9. The van der Waals surface area contributed by atoms with E-state index in [2.05, 4.69) is 4.98 Å². The number of aromatic nitrogens is 1. The highest BCUT2D eigenvalue weighted by Crippen LogP contribution is 2.21. The van der Waals surface area contributed by atoms with E-state index in [0.717, 1.165) is 16.5 Å². The van der Waals surface area contributed by atoms with Crippen molar-refractivity contribution in [2.45, 2.75) is 13.8 Å². The van der Waals surface area contributed by atoms with Gasteiger partial charge in [-0.25, -0.2) is 4.79 Å². The van der Waals surface area contributed by atoms with Crippen LogP contribution >= 0.6 is 11.6 Å². The summed E-state index contributed by atoms with van der Waals surface area (Å²) in [7, 11) is 0. The molecule has 3 aromatic rings. The van der Waals surface area contributed by atoms with Gasteiger partial charge in [0.15, 0.2) is 12.4 Å². The second-order valence-electron chi connectivity index (χ2n) is 5.84. The smallest absolute Gasteiger partial charge is 0.339 e. The molecule has 0 spiro atoms. The molecule has 0 atom stereocenters. The third-order valence-corrected chi connectivity index (χ3v) is 4.06. The Morgan fingerprint density at radius 3 is 2.48 bits per heavy atom. The van der Waals surface area contributed by atoms with E-state index in [0.29, 0.717) is 21.8 Å². The van der Waals surface area contributed by atoms with Gasteiger partial charge in [-0.1, -0.05) is 23.2 Å². The molecule has 0 aliphatic rings. The zero-order valence-corrected chi connectivity index (χ0v) is 14.6. The summed E-state index contributed by atoms with van der Waals surface area (Å²) in [5.41, 5.74) is 3.32. The highest BCUT2D eigenvalue weighted by molar-refractivity contribution is 6.30. The topological polar surface area (TPSA) is 56.3 Å². The Bertz CT molecular complexity index is 965. The Morgan fingerprint density at radius 2 is 1.76 bits per heavy atom. The number of carbonyl (C=O) groups is 2. The van der Waals surface area contributed by atoms with Crippen molar-refractivity contribution in [1.29, 1.82) is 0 Å². The molecular formula is C20H16ClNO3. The Labute approximate surface area is 150 Å².